The standard InChI is InChI=1S/C27H46N7O18P3S/c1-5-15(14(2)35)26(40)56-9-8-29-17(36)6-7-30-24(39)21(38)27(3,4)11-49-55(46,47)52-54(44,45)48-10-16-20(51-53(41,42)43)19(37)25(50-16)34-13-33-18-22(28)31-12-32-23(18)34/h12-16,19-21,25,35,37-38H,5-11H2,1-4H3,(H,29,36)(H,30,39)(H,44,45)(H,46,47)(H2,28,31,32)(H2,41,42,43)/t14-,15-,16?,19?,20?,21?,25?/m1/s1. The molecule has 25 nitrogen and oxygen atoms in total. The van der Waals surface area contributed by atoms with Crippen LogP contribution in [-0.4, -0.2) is 134 Å². The molecule has 3 heterocycles. The van der Waals surface area contributed by atoms with Crippen molar-refractivity contribution in [1.82, 2.24) is 30.2 Å². The molecule has 0 bridgehead atoms. The van der Waals surface area contributed by atoms with E-state index < -0.39 is 96.6 Å². The van der Waals surface area contributed by atoms with Crippen LogP contribution in [0.1, 0.15) is 46.8 Å². The monoisotopic (exact) mass is 881 g/mol. The second-order valence-electron chi connectivity index (χ2n) is 13.0. The van der Waals surface area contributed by atoms with Crippen LogP contribution < -0.4 is 16.4 Å². The minimum Gasteiger partial charge on any atom is -0.393 e. The van der Waals surface area contributed by atoms with Gasteiger partial charge in [-0.1, -0.05) is 32.5 Å². The molecule has 2 aromatic rings. The summed E-state index contributed by atoms with van der Waals surface area (Å²) < 4.78 is 62.0. The molecule has 9 atom stereocenters. The van der Waals surface area contributed by atoms with Gasteiger partial charge in [-0.25, -0.2) is 28.6 Å². The van der Waals surface area contributed by atoms with E-state index in [4.69, 9.17) is 19.5 Å². The van der Waals surface area contributed by atoms with E-state index in [1.165, 1.54) is 20.8 Å². The fourth-order valence-corrected chi connectivity index (χ4v) is 8.91. The Morgan fingerprint density at radius 1 is 1.05 bits per heavy atom. The largest absolute Gasteiger partial charge is 0.481 e. The van der Waals surface area contributed by atoms with Gasteiger partial charge < -0.3 is 56.0 Å². The van der Waals surface area contributed by atoms with Crippen molar-refractivity contribution in [1.29, 1.82) is 0 Å². The molecule has 0 aromatic carbocycles. The summed E-state index contributed by atoms with van der Waals surface area (Å²) in [5.41, 5.74) is 4.23. The molecule has 1 aliphatic heterocycles. The van der Waals surface area contributed by atoms with Crippen molar-refractivity contribution < 1.29 is 85.6 Å². The molecule has 0 spiro atoms. The summed E-state index contributed by atoms with van der Waals surface area (Å²) in [7, 11) is -16.4. The van der Waals surface area contributed by atoms with Crippen LogP contribution in [-0.2, 0) is 50.7 Å². The summed E-state index contributed by atoms with van der Waals surface area (Å²) in [5.74, 6) is -1.78. The Hall–Kier alpha value is -2.48. The maximum absolute atomic E-state index is 12.7. The molecule has 11 N–H and O–H groups in total. The maximum atomic E-state index is 12.7. The number of aliphatic hydroxyl groups is 3. The second kappa shape index (κ2) is 20.0. The Morgan fingerprint density at radius 3 is 2.34 bits per heavy atom. The van der Waals surface area contributed by atoms with E-state index in [2.05, 4.69) is 34.4 Å². The van der Waals surface area contributed by atoms with Crippen LogP contribution in [0.4, 0.5) is 5.82 Å². The van der Waals surface area contributed by atoms with Crippen molar-refractivity contribution in [2.24, 2.45) is 11.3 Å². The number of fused-ring (bicyclic) bond motifs is 1. The van der Waals surface area contributed by atoms with Crippen molar-refractivity contribution in [3.05, 3.63) is 12.7 Å². The molecule has 7 unspecified atom stereocenters. The molecule has 0 radical (unpaired) electrons. The summed E-state index contributed by atoms with van der Waals surface area (Å²) in [6, 6.07) is 0. The van der Waals surface area contributed by atoms with Crippen LogP contribution in [0.25, 0.3) is 11.2 Å². The Kier molecular flexibility index (Phi) is 17.1. The zero-order valence-corrected chi connectivity index (χ0v) is 33.9. The third-order valence-corrected chi connectivity index (χ3v) is 12.2. The topological polar surface area (TPSA) is 384 Å². The molecule has 1 aliphatic rings. The normalized spacial score (nSPS) is 22.8. The zero-order chi connectivity index (χ0) is 42.2. The van der Waals surface area contributed by atoms with E-state index in [-0.39, 0.29) is 47.4 Å². The number of nitrogens with one attached hydrogen (secondary N) is 2. The number of nitrogens with two attached hydrogens (primary N) is 1. The number of nitrogens with zero attached hydrogens (tertiary/aromatic N) is 4. The van der Waals surface area contributed by atoms with E-state index in [0.717, 1.165) is 29.0 Å². The van der Waals surface area contributed by atoms with Crippen molar-refractivity contribution in [2.45, 2.75) is 77.3 Å². The van der Waals surface area contributed by atoms with Gasteiger partial charge in [0.1, 0.15) is 36.3 Å². The minimum atomic E-state index is -5.58. The molecule has 1 fully saturated rings. The zero-order valence-electron chi connectivity index (χ0n) is 30.4. The molecule has 0 saturated carbocycles. The van der Waals surface area contributed by atoms with Crippen LogP contribution >= 0.6 is 35.2 Å². The highest BCUT2D eigenvalue weighted by molar-refractivity contribution is 8.13. The number of imidazole rings is 1. The smallest absolute Gasteiger partial charge is 0.393 e. The van der Waals surface area contributed by atoms with Crippen molar-refractivity contribution in [3.63, 3.8) is 0 Å². The third kappa shape index (κ3) is 13.8. The van der Waals surface area contributed by atoms with Gasteiger partial charge in [-0.05, 0) is 13.3 Å². The molecule has 318 valence electrons. The highest BCUT2D eigenvalue weighted by Gasteiger charge is 2.50. The predicted molar refractivity (Wildman–Crippen MR) is 193 cm³/mol. The lowest BCUT2D eigenvalue weighted by atomic mass is 9.87. The van der Waals surface area contributed by atoms with Crippen LogP contribution in [0.3, 0.4) is 0 Å². The van der Waals surface area contributed by atoms with Gasteiger partial charge in [-0.2, -0.15) is 4.31 Å². The number of anilines is 1. The number of aliphatic hydroxyl groups excluding tert-OH is 3. The Bertz CT molecular complexity index is 1830. The first-order chi connectivity index (χ1) is 25.9. The van der Waals surface area contributed by atoms with Crippen LogP contribution in [0.15, 0.2) is 12.7 Å². The summed E-state index contributed by atoms with van der Waals surface area (Å²) in [6.45, 7) is 3.66. The molecule has 2 aromatic heterocycles. The summed E-state index contributed by atoms with van der Waals surface area (Å²) in [4.78, 5) is 87.7. The Morgan fingerprint density at radius 2 is 1.71 bits per heavy atom. The summed E-state index contributed by atoms with van der Waals surface area (Å²) in [6.07, 6.45) is -7.32. The SMILES string of the molecule is CC[C@@H](C(=O)SCCNC(=O)CCNC(=O)C(O)C(C)(C)COP(=O)(O)OP(=O)(O)OCC1OC(n2cnc3c(N)ncnc32)C(O)C1OP(=O)(O)O)[C@@H](C)O. The molecule has 1 saturated heterocycles. The number of carbonyl (C=O) groups is 3. The molecular weight excluding hydrogens is 835 g/mol. The van der Waals surface area contributed by atoms with Gasteiger partial charge in [0.2, 0.25) is 11.8 Å². The number of carbonyl (C=O) groups excluding carboxylic acids is 3. The van der Waals surface area contributed by atoms with Gasteiger partial charge in [-0.3, -0.25) is 32.5 Å². The van der Waals surface area contributed by atoms with Crippen molar-refractivity contribution >= 4 is 69.1 Å². The van der Waals surface area contributed by atoms with E-state index >= 15 is 0 Å². The van der Waals surface area contributed by atoms with E-state index in [1.54, 1.807) is 6.92 Å². The highest BCUT2D eigenvalue weighted by Crippen LogP contribution is 2.61. The number of aromatic nitrogens is 4. The number of nitrogen functional groups attached to an aromatic ring is 1. The second-order valence-corrected chi connectivity index (χ2v) is 18.3. The lowest BCUT2D eigenvalue weighted by Crippen LogP contribution is -2.46. The number of rotatable bonds is 22. The lowest BCUT2D eigenvalue weighted by Gasteiger charge is -2.30. The third-order valence-electron chi connectivity index (χ3n) is 8.07. The molecule has 0 aliphatic carbocycles. The Labute approximate surface area is 323 Å². The van der Waals surface area contributed by atoms with Crippen LogP contribution in [0.2, 0.25) is 0 Å². The minimum absolute atomic E-state index is 0.0259. The highest BCUT2D eigenvalue weighted by atomic mass is 32.2. The van der Waals surface area contributed by atoms with Crippen molar-refractivity contribution in [3.8, 4) is 0 Å². The van der Waals surface area contributed by atoms with E-state index in [1.807, 2.05) is 0 Å². The summed E-state index contributed by atoms with van der Waals surface area (Å²) >= 11 is 0.971. The first-order valence-electron chi connectivity index (χ1n) is 16.6. The number of phosphoric acid groups is 3. The lowest BCUT2D eigenvalue weighted by molar-refractivity contribution is -0.137. The quantitative estimate of drug-likeness (QED) is 0.0504. The summed E-state index contributed by atoms with van der Waals surface area (Å²) in [5, 5.41) is 35.8. The first-order valence-corrected chi connectivity index (χ1v) is 22.1. The molecule has 3 rings (SSSR count). The van der Waals surface area contributed by atoms with Crippen molar-refractivity contribution in [2.75, 3.05) is 37.8 Å². The van der Waals surface area contributed by atoms with Crippen LogP contribution in [0.5, 0.6) is 0 Å². The first kappa shape index (κ1) is 47.9. The van der Waals surface area contributed by atoms with Gasteiger partial charge >= 0.3 is 23.5 Å². The average Bonchev–Trinajstić information content (AvgIpc) is 3.64. The van der Waals surface area contributed by atoms with Gasteiger partial charge in [0, 0.05) is 30.7 Å². The van der Waals surface area contributed by atoms with Gasteiger partial charge in [0.15, 0.2) is 22.8 Å². The van der Waals surface area contributed by atoms with E-state index in [9.17, 15) is 63.0 Å². The number of amides is 2. The average molecular weight is 882 g/mol. The molecule has 29 heteroatoms. The molecule has 2 amide bonds. The Balaban J connectivity index is 1.49. The molecular formula is C27H46N7O18P3S. The number of thioether (sulfide) groups is 1. The van der Waals surface area contributed by atoms with Crippen LogP contribution in [0, 0.1) is 11.3 Å². The fraction of sp³-hybridized carbons (Fsp3) is 0.704. The molecule has 56 heavy (non-hydrogen) atoms. The predicted octanol–water partition coefficient (Wildman–Crippen LogP) is -0.928. The van der Waals surface area contributed by atoms with Gasteiger partial charge in [0.05, 0.1) is 31.6 Å². The number of phosphoric ester groups is 3. The van der Waals surface area contributed by atoms with Gasteiger partial charge in [0.25, 0.3) is 0 Å². The number of hydrogen-bond donors (Lipinski definition) is 10. The van der Waals surface area contributed by atoms with Gasteiger partial charge in [-0.15, -0.1) is 0 Å². The number of ether oxygens (including phenoxy) is 1. The van der Waals surface area contributed by atoms with E-state index in [0.29, 0.717) is 6.42 Å². The number of hydrogen-bond acceptors (Lipinski definition) is 19. The fourth-order valence-electron chi connectivity index (χ4n) is 5.09. The maximum Gasteiger partial charge on any atom is 0.481 e.